The first-order valence-electron chi connectivity index (χ1n) is 5.14. The lowest BCUT2D eigenvalue weighted by atomic mass is 10.1. The number of Topliss-reactive ketones (excluding diaryl/α,β-unsaturated/α-hetero) is 1. The molecule has 0 unspecified atom stereocenters. The van der Waals surface area contributed by atoms with Crippen molar-refractivity contribution >= 4 is 17.5 Å². The molecular weight excluding hydrogens is 208 g/mol. The van der Waals surface area contributed by atoms with Gasteiger partial charge in [0.25, 0.3) is 0 Å². The van der Waals surface area contributed by atoms with E-state index in [1.165, 1.54) is 0 Å². The number of carbonyl (C=O) groups excluding carboxylic acids is 1. The first kappa shape index (κ1) is 10.6. The summed E-state index contributed by atoms with van der Waals surface area (Å²) in [6.07, 6.45) is 0.503. The van der Waals surface area contributed by atoms with E-state index in [2.05, 4.69) is 13.8 Å². The van der Waals surface area contributed by atoms with Gasteiger partial charge in [0.15, 0.2) is 5.78 Å². The predicted octanol–water partition coefficient (Wildman–Crippen LogP) is 3.15. The monoisotopic (exact) mass is 222 g/mol. The molecule has 3 heteroatoms. The molecule has 0 saturated carbocycles. The van der Waals surface area contributed by atoms with Crippen LogP contribution in [0.2, 0.25) is 0 Å². The highest BCUT2D eigenvalue weighted by Crippen LogP contribution is 2.37. The SMILES string of the molecule is CC(C)Sc1cccc2c1OCCC2=O. The number of thioether (sulfide) groups is 1. The maximum absolute atomic E-state index is 11.6. The van der Waals surface area contributed by atoms with Crippen LogP contribution in [0.3, 0.4) is 0 Å². The predicted molar refractivity (Wildman–Crippen MR) is 61.9 cm³/mol. The molecule has 1 aromatic rings. The summed E-state index contributed by atoms with van der Waals surface area (Å²) in [4.78, 5) is 12.7. The van der Waals surface area contributed by atoms with E-state index in [0.717, 1.165) is 16.2 Å². The number of rotatable bonds is 2. The summed E-state index contributed by atoms with van der Waals surface area (Å²) in [5, 5.41) is 0.497. The summed E-state index contributed by atoms with van der Waals surface area (Å²) in [6.45, 7) is 4.78. The molecule has 1 aromatic carbocycles. The Labute approximate surface area is 94.0 Å². The second kappa shape index (κ2) is 4.27. The van der Waals surface area contributed by atoms with Gasteiger partial charge in [0.05, 0.1) is 17.1 Å². The smallest absolute Gasteiger partial charge is 0.170 e. The second-order valence-corrected chi connectivity index (χ2v) is 5.44. The van der Waals surface area contributed by atoms with Gasteiger partial charge in [0.1, 0.15) is 5.75 Å². The summed E-state index contributed by atoms with van der Waals surface area (Å²) in [5.41, 5.74) is 0.743. The fourth-order valence-electron chi connectivity index (χ4n) is 1.61. The summed E-state index contributed by atoms with van der Waals surface area (Å²) in [7, 11) is 0. The van der Waals surface area contributed by atoms with E-state index in [1.807, 2.05) is 18.2 Å². The molecule has 0 radical (unpaired) electrons. The van der Waals surface area contributed by atoms with Gasteiger partial charge in [-0.25, -0.2) is 0 Å². The molecule has 1 aliphatic rings. The fraction of sp³-hybridized carbons (Fsp3) is 0.417. The van der Waals surface area contributed by atoms with Crippen molar-refractivity contribution in [3.8, 4) is 5.75 Å². The van der Waals surface area contributed by atoms with E-state index in [1.54, 1.807) is 11.8 Å². The molecule has 0 aliphatic carbocycles. The van der Waals surface area contributed by atoms with Crippen molar-refractivity contribution in [2.45, 2.75) is 30.4 Å². The summed E-state index contributed by atoms with van der Waals surface area (Å²) in [5.74, 6) is 0.981. The number of hydrogen-bond donors (Lipinski definition) is 0. The van der Waals surface area contributed by atoms with E-state index in [-0.39, 0.29) is 5.78 Å². The molecule has 0 aromatic heterocycles. The van der Waals surface area contributed by atoms with Crippen molar-refractivity contribution in [2.24, 2.45) is 0 Å². The molecule has 15 heavy (non-hydrogen) atoms. The van der Waals surface area contributed by atoms with E-state index in [9.17, 15) is 4.79 Å². The minimum Gasteiger partial charge on any atom is -0.491 e. The Hall–Kier alpha value is -0.960. The van der Waals surface area contributed by atoms with Crippen molar-refractivity contribution in [3.63, 3.8) is 0 Å². The van der Waals surface area contributed by atoms with Gasteiger partial charge in [-0.1, -0.05) is 19.9 Å². The highest BCUT2D eigenvalue weighted by Gasteiger charge is 2.21. The van der Waals surface area contributed by atoms with Crippen LogP contribution < -0.4 is 4.74 Å². The Bertz CT molecular complexity index is 385. The van der Waals surface area contributed by atoms with Crippen molar-refractivity contribution in [2.75, 3.05) is 6.61 Å². The van der Waals surface area contributed by atoms with E-state index < -0.39 is 0 Å². The molecule has 0 fully saturated rings. The second-order valence-electron chi connectivity index (χ2n) is 3.82. The maximum Gasteiger partial charge on any atom is 0.170 e. The van der Waals surface area contributed by atoms with Crippen LogP contribution in [-0.4, -0.2) is 17.6 Å². The van der Waals surface area contributed by atoms with Crippen LogP contribution in [0.5, 0.6) is 5.75 Å². The van der Waals surface area contributed by atoms with Crippen LogP contribution in [0.4, 0.5) is 0 Å². The summed E-state index contributed by atoms with van der Waals surface area (Å²) >= 11 is 1.74. The number of para-hydroxylation sites is 1. The zero-order valence-electron chi connectivity index (χ0n) is 8.95. The van der Waals surface area contributed by atoms with E-state index in [0.29, 0.717) is 18.3 Å². The van der Waals surface area contributed by atoms with Crippen molar-refractivity contribution in [1.82, 2.24) is 0 Å². The third-order valence-electron chi connectivity index (χ3n) is 2.22. The highest BCUT2D eigenvalue weighted by molar-refractivity contribution is 8.00. The quantitative estimate of drug-likeness (QED) is 0.719. The third kappa shape index (κ3) is 2.17. The molecule has 1 heterocycles. The Balaban J connectivity index is 2.40. The Morgan fingerprint density at radius 2 is 2.20 bits per heavy atom. The average Bonchev–Trinajstić information content (AvgIpc) is 2.19. The Morgan fingerprint density at radius 1 is 1.40 bits per heavy atom. The Kier molecular flexibility index (Phi) is 3.00. The zero-order valence-corrected chi connectivity index (χ0v) is 9.76. The van der Waals surface area contributed by atoms with Gasteiger partial charge in [0.2, 0.25) is 0 Å². The van der Waals surface area contributed by atoms with Gasteiger partial charge >= 0.3 is 0 Å². The molecule has 0 saturated heterocycles. The normalized spacial score (nSPS) is 15.0. The average molecular weight is 222 g/mol. The number of carbonyl (C=O) groups is 1. The summed E-state index contributed by atoms with van der Waals surface area (Å²) in [6, 6.07) is 5.79. The minimum absolute atomic E-state index is 0.197. The van der Waals surface area contributed by atoms with Gasteiger partial charge < -0.3 is 4.74 Å². The molecule has 2 rings (SSSR count). The van der Waals surface area contributed by atoms with Crippen LogP contribution in [0.15, 0.2) is 23.1 Å². The molecule has 0 amide bonds. The number of ketones is 1. The molecule has 0 bridgehead atoms. The third-order valence-corrected chi connectivity index (χ3v) is 3.26. The lowest BCUT2D eigenvalue weighted by Gasteiger charge is -2.19. The van der Waals surface area contributed by atoms with Crippen LogP contribution >= 0.6 is 11.8 Å². The first-order chi connectivity index (χ1) is 7.18. The number of benzene rings is 1. The lowest BCUT2D eigenvalue weighted by Crippen LogP contribution is -2.15. The first-order valence-corrected chi connectivity index (χ1v) is 6.02. The molecule has 1 aliphatic heterocycles. The Morgan fingerprint density at radius 3 is 2.93 bits per heavy atom. The zero-order chi connectivity index (χ0) is 10.8. The minimum atomic E-state index is 0.197. The van der Waals surface area contributed by atoms with Crippen LogP contribution in [0.25, 0.3) is 0 Å². The molecule has 0 spiro atoms. The van der Waals surface area contributed by atoms with Gasteiger partial charge in [-0.2, -0.15) is 0 Å². The molecule has 80 valence electrons. The highest BCUT2D eigenvalue weighted by atomic mass is 32.2. The van der Waals surface area contributed by atoms with Crippen LogP contribution in [0.1, 0.15) is 30.6 Å². The topological polar surface area (TPSA) is 26.3 Å². The van der Waals surface area contributed by atoms with E-state index in [4.69, 9.17) is 4.74 Å². The number of fused-ring (bicyclic) bond motifs is 1. The van der Waals surface area contributed by atoms with Crippen LogP contribution in [0, 0.1) is 0 Å². The molecule has 2 nitrogen and oxygen atoms in total. The van der Waals surface area contributed by atoms with Gasteiger partial charge in [0, 0.05) is 11.7 Å². The van der Waals surface area contributed by atoms with Crippen molar-refractivity contribution in [3.05, 3.63) is 23.8 Å². The van der Waals surface area contributed by atoms with Gasteiger partial charge in [-0.15, -0.1) is 11.8 Å². The molecule has 0 atom stereocenters. The van der Waals surface area contributed by atoms with Gasteiger partial charge in [-0.05, 0) is 12.1 Å². The number of hydrogen-bond acceptors (Lipinski definition) is 3. The number of ether oxygens (including phenoxy) is 1. The van der Waals surface area contributed by atoms with Gasteiger partial charge in [-0.3, -0.25) is 4.79 Å². The molecular formula is C12H14O2S. The molecule has 0 N–H and O–H groups in total. The fourth-order valence-corrected chi connectivity index (χ4v) is 2.55. The summed E-state index contributed by atoms with van der Waals surface area (Å²) < 4.78 is 5.58. The maximum atomic E-state index is 11.6. The van der Waals surface area contributed by atoms with E-state index >= 15 is 0 Å². The van der Waals surface area contributed by atoms with Crippen molar-refractivity contribution in [1.29, 1.82) is 0 Å². The van der Waals surface area contributed by atoms with Crippen molar-refractivity contribution < 1.29 is 9.53 Å². The van der Waals surface area contributed by atoms with Crippen LogP contribution in [-0.2, 0) is 0 Å². The largest absolute Gasteiger partial charge is 0.491 e. The lowest BCUT2D eigenvalue weighted by molar-refractivity contribution is 0.0931. The standard InChI is InChI=1S/C12H14O2S/c1-8(2)15-11-5-3-4-9-10(13)6-7-14-12(9)11/h3-5,8H,6-7H2,1-2H3.